The van der Waals surface area contributed by atoms with E-state index in [0.29, 0.717) is 13.2 Å². The molecule has 2 N–H and O–H groups in total. The first-order valence-corrected chi connectivity index (χ1v) is 9.87. The van der Waals surface area contributed by atoms with Crippen molar-refractivity contribution in [2.24, 2.45) is 5.92 Å². The lowest BCUT2D eigenvalue weighted by molar-refractivity contribution is -0.139. The number of morpholine rings is 1. The van der Waals surface area contributed by atoms with Crippen molar-refractivity contribution in [2.45, 2.75) is 31.2 Å². The van der Waals surface area contributed by atoms with E-state index >= 15 is 0 Å². The van der Waals surface area contributed by atoms with Gasteiger partial charge in [-0.25, -0.2) is 13.2 Å². The molecule has 0 aliphatic carbocycles. The van der Waals surface area contributed by atoms with Gasteiger partial charge in [0.15, 0.2) is 0 Å². The molecule has 0 spiro atoms. The molecule has 1 aliphatic rings. The van der Waals surface area contributed by atoms with Crippen LogP contribution < -0.4 is 5.32 Å². The van der Waals surface area contributed by atoms with Crippen molar-refractivity contribution >= 4 is 21.9 Å². The summed E-state index contributed by atoms with van der Waals surface area (Å²) >= 11 is 0. The third-order valence-electron chi connectivity index (χ3n) is 4.01. The Balaban J connectivity index is 2.19. The largest absolute Gasteiger partial charge is 0.480 e. The Bertz CT molecular complexity index is 756. The lowest BCUT2D eigenvalue weighted by Crippen LogP contribution is -2.42. The fraction of sp³-hybridized carbons (Fsp3) is 0.529. The van der Waals surface area contributed by atoms with Crippen LogP contribution in [0.25, 0.3) is 0 Å². The third kappa shape index (κ3) is 5.03. The summed E-state index contributed by atoms with van der Waals surface area (Å²) < 4.78 is 31.8. The Kier molecular flexibility index (Phi) is 6.74. The van der Waals surface area contributed by atoms with Gasteiger partial charge in [-0.3, -0.25) is 4.79 Å². The Morgan fingerprint density at radius 2 is 1.92 bits per heavy atom. The molecule has 1 amide bonds. The molecule has 1 aromatic carbocycles. The summed E-state index contributed by atoms with van der Waals surface area (Å²) in [5, 5.41) is 11.7. The number of carboxylic acids is 1. The predicted octanol–water partition coefficient (Wildman–Crippen LogP) is 0.937. The molecule has 1 saturated heterocycles. The molecule has 1 fully saturated rings. The van der Waals surface area contributed by atoms with E-state index in [4.69, 9.17) is 4.74 Å². The van der Waals surface area contributed by atoms with Gasteiger partial charge in [0.2, 0.25) is 10.0 Å². The van der Waals surface area contributed by atoms with Gasteiger partial charge in [0.25, 0.3) is 5.91 Å². The number of hydrogen-bond acceptors (Lipinski definition) is 5. The molecule has 1 aliphatic heterocycles. The van der Waals surface area contributed by atoms with Crippen molar-refractivity contribution in [1.29, 1.82) is 0 Å². The van der Waals surface area contributed by atoms with Crippen LogP contribution in [0.2, 0.25) is 0 Å². The first-order valence-electron chi connectivity index (χ1n) is 8.43. The van der Waals surface area contributed by atoms with Gasteiger partial charge in [0.05, 0.1) is 18.1 Å². The summed E-state index contributed by atoms with van der Waals surface area (Å²) in [5.74, 6) is -1.65. The van der Waals surface area contributed by atoms with Crippen molar-refractivity contribution in [1.82, 2.24) is 9.62 Å². The van der Waals surface area contributed by atoms with Crippen LogP contribution in [0.5, 0.6) is 0 Å². The highest BCUT2D eigenvalue weighted by molar-refractivity contribution is 7.89. The molecular weight excluding hydrogens is 360 g/mol. The monoisotopic (exact) mass is 384 g/mol. The number of sulfonamides is 1. The molecule has 0 saturated carbocycles. The highest BCUT2D eigenvalue weighted by Crippen LogP contribution is 2.18. The Hall–Kier alpha value is -1.97. The van der Waals surface area contributed by atoms with Crippen molar-refractivity contribution < 1.29 is 27.9 Å². The maximum absolute atomic E-state index is 12.7. The molecule has 144 valence electrons. The molecule has 2 rings (SSSR count). The number of carbonyl (C=O) groups excluding carboxylic acids is 1. The minimum atomic E-state index is -3.72. The van der Waals surface area contributed by atoms with Crippen LogP contribution in [0.3, 0.4) is 0 Å². The first-order chi connectivity index (χ1) is 12.2. The van der Waals surface area contributed by atoms with Gasteiger partial charge in [-0.2, -0.15) is 4.31 Å². The van der Waals surface area contributed by atoms with Crippen molar-refractivity contribution in [2.75, 3.05) is 26.3 Å². The van der Waals surface area contributed by atoms with Gasteiger partial charge in [-0.05, 0) is 30.5 Å². The number of carboxylic acid groups (broad SMARTS) is 1. The summed E-state index contributed by atoms with van der Waals surface area (Å²) in [7, 11) is -3.72. The molecule has 0 aromatic heterocycles. The molecule has 1 atom stereocenters. The second-order valence-electron chi connectivity index (χ2n) is 6.54. The number of amides is 1. The molecule has 1 aromatic rings. The standard InChI is InChI=1S/C17H24N2O6S/c1-12(2)10-15(17(21)22)18-16(20)13-4-3-5-14(11-13)26(23,24)19-6-8-25-9-7-19/h3-5,11-12,15H,6-10H2,1-2H3,(H,18,20)(H,21,22). The molecule has 0 bridgehead atoms. The number of nitrogens with one attached hydrogen (secondary N) is 1. The van der Waals surface area contributed by atoms with E-state index in [1.807, 2.05) is 13.8 Å². The summed E-state index contributed by atoms with van der Waals surface area (Å²) in [6.07, 6.45) is 0.285. The second-order valence-corrected chi connectivity index (χ2v) is 8.48. The van der Waals surface area contributed by atoms with E-state index in [1.165, 1.54) is 28.6 Å². The second kappa shape index (κ2) is 8.61. The maximum atomic E-state index is 12.7. The van der Waals surface area contributed by atoms with Crippen LogP contribution in [0.15, 0.2) is 29.2 Å². The van der Waals surface area contributed by atoms with Gasteiger partial charge in [0, 0.05) is 18.7 Å². The number of aliphatic carboxylic acids is 1. The molecule has 26 heavy (non-hydrogen) atoms. The zero-order chi connectivity index (χ0) is 19.3. The number of carbonyl (C=O) groups is 2. The number of nitrogens with zero attached hydrogens (tertiary/aromatic N) is 1. The van der Waals surface area contributed by atoms with Crippen LogP contribution in [0.4, 0.5) is 0 Å². The SMILES string of the molecule is CC(C)CC(NC(=O)c1cccc(S(=O)(=O)N2CCOCC2)c1)C(=O)O. The smallest absolute Gasteiger partial charge is 0.326 e. The zero-order valence-corrected chi connectivity index (χ0v) is 15.7. The van der Waals surface area contributed by atoms with Crippen LogP contribution in [0, 0.1) is 5.92 Å². The van der Waals surface area contributed by atoms with Crippen LogP contribution >= 0.6 is 0 Å². The third-order valence-corrected chi connectivity index (χ3v) is 5.91. The molecule has 1 heterocycles. The Labute approximate surface area is 153 Å². The zero-order valence-electron chi connectivity index (χ0n) is 14.8. The Morgan fingerprint density at radius 3 is 2.50 bits per heavy atom. The van der Waals surface area contributed by atoms with Gasteiger partial charge >= 0.3 is 5.97 Å². The molecule has 8 nitrogen and oxygen atoms in total. The van der Waals surface area contributed by atoms with Gasteiger partial charge < -0.3 is 15.2 Å². The molecule has 0 radical (unpaired) electrons. The quantitative estimate of drug-likeness (QED) is 0.723. The molecule has 9 heteroatoms. The average molecular weight is 384 g/mol. The van der Waals surface area contributed by atoms with E-state index in [2.05, 4.69) is 5.32 Å². The van der Waals surface area contributed by atoms with E-state index < -0.39 is 27.9 Å². The first kappa shape index (κ1) is 20.3. The fourth-order valence-electron chi connectivity index (χ4n) is 2.67. The fourth-order valence-corrected chi connectivity index (χ4v) is 4.12. The summed E-state index contributed by atoms with van der Waals surface area (Å²) in [4.78, 5) is 23.7. The lowest BCUT2D eigenvalue weighted by Gasteiger charge is -2.26. The topological polar surface area (TPSA) is 113 Å². The highest BCUT2D eigenvalue weighted by Gasteiger charge is 2.27. The number of ether oxygens (including phenoxy) is 1. The van der Waals surface area contributed by atoms with Gasteiger partial charge in [0.1, 0.15) is 6.04 Å². The Morgan fingerprint density at radius 1 is 1.27 bits per heavy atom. The van der Waals surface area contributed by atoms with Crippen molar-refractivity contribution in [3.63, 3.8) is 0 Å². The molecule has 1 unspecified atom stereocenters. The van der Waals surface area contributed by atoms with E-state index in [0.717, 1.165) is 0 Å². The van der Waals surface area contributed by atoms with E-state index in [9.17, 15) is 23.1 Å². The van der Waals surface area contributed by atoms with Crippen LogP contribution in [-0.4, -0.2) is 62.1 Å². The lowest BCUT2D eigenvalue weighted by atomic mass is 10.0. The minimum absolute atomic E-state index is 0.00258. The van der Waals surface area contributed by atoms with E-state index in [1.54, 1.807) is 0 Å². The van der Waals surface area contributed by atoms with Crippen molar-refractivity contribution in [3.05, 3.63) is 29.8 Å². The predicted molar refractivity (Wildman–Crippen MR) is 94.4 cm³/mol. The van der Waals surface area contributed by atoms with Crippen molar-refractivity contribution in [3.8, 4) is 0 Å². The summed E-state index contributed by atoms with van der Waals surface area (Å²) in [6, 6.07) is 4.60. The summed E-state index contributed by atoms with van der Waals surface area (Å²) in [5.41, 5.74) is 0.106. The van der Waals surface area contributed by atoms with Crippen LogP contribution in [-0.2, 0) is 19.6 Å². The number of rotatable bonds is 7. The van der Waals surface area contributed by atoms with Gasteiger partial charge in [-0.15, -0.1) is 0 Å². The van der Waals surface area contributed by atoms with Gasteiger partial charge in [-0.1, -0.05) is 19.9 Å². The van der Waals surface area contributed by atoms with Crippen LogP contribution in [0.1, 0.15) is 30.6 Å². The minimum Gasteiger partial charge on any atom is -0.480 e. The average Bonchev–Trinajstić information content (AvgIpc) is 2.61. The highest BCUT2D eigenvalue weighted by atomic mass is 32.2. The summed E-state index contributed by atoms with van der Waals surface area (Å²) in [6.45, 7) is 4.89. The maximum Gasteiger partial charge on any atom is 0.326 e. The number of hydrogen-bond donors (Lipinski definition) is 2. The number of benzene rings is 1. The van der Waals surface area contributed by atoms with E-state index in [-0.39, 0.29) is 35.9 Å². The molecular formula is C17H24N2O6S. The normalized spacial score (nSPS) is 17.0.